The van der Waals surface area contributed by atoms with Gasteiger partial charge in [-0.25, -0.2) is 8.42 Å². The molecule has 0 radical (unpaired) electrons. The van der Waals surface area contributed by atoms with Crippen molar-refractivity contribution in [3.63, 3.8) is 0 Å². The number of nitrogens with zero attached hydrogens (tertiary/aromatic N) is 1. The summed E-state index contributed by atoms with van der Waals surface area (Å²) in [6.07, 6.45) is 0. The van der Waals surface area contributed by atoms with Gasteiger partial charge in [0.05, 0.1) is 10.9 Å². The molecule has 1 atom stereocenters. The van der Waals surface area contributed by atoms with E-state index in [2.05, 4.69) is 15.4 Å². The van der Waals surface area contributed by atoms with E-state index in [0.29, 0.717) is 42.5 Å². The van der Waals surface area contributed by atoms with Crippen LogP contribution < -0.4 is 19.5 Å². The molecular weight excluding hydrogens is 462 g/mol. The first-order chi connectivity index (χ1) is 15.8. The number of amides is 1. The number of carbonyl (C=O) groups excluding carboxylic acids is 1. The minimum absolute atomic E-state index is 0.0390. The first kappa shape index (κ1) is 23.1. The standard InChI is InChI=1S/C23H25N3O5S2/c1-26(2)20(17-8-11-32-15-17)14-24-23(27)16-4-3-5-18(12-16)25-33(28,29)19-6-7-21-22(13-19)31-10-9-30-21/h3-8,11-13,15,20,25H,9-10,14H2,1-2H3,(H,24,27). The smallest absolute Gasteiger partial charge is 0.262 e. The van der Waals surface area contributed by atoms with Crippen molar-refractivity contribution in [3.05, 3.63) is 70.4 Å². The van der Waals surface area contributed by atoms with E-state index in [4.69, 9.17) is 9.47 Å². The van der Waals surface area contributed by atoms with Crippen LogP contribution in [0.3, 0.4) is 0 Å². The lowest BCUT2D eigenvalue weighted by molar-refractivity contribution is 0.0942. The number of hydrogen-bond donors (Lipinski definition) is 2. The first-order valence-electron chi connectivity index (χ1n) is 10.3. The van der Waals surface area contributed by atoms with Crippen LogP contribution in [0.15, 0.2) is 64.2 Å². The summed E-state index contributed by atoms with van der Waals surface area (Å²) in [4.78, 5) is 14.8. The third kappa shape index (κ3) is 5.47. The molecule has 0 spiro atoms. The molecule has 33 heavy (non-hydrogen) atoms. The second-order valence-corrected chi connectivity index (χ2v) is 10.2. The number of anilines is 1. The Morgan fingerprint density at radius 3 is 2.61 bits per heavy atom. The molecule has 174 valence electrons. The van der Waals surface area contributed by atoms with E-state index in [1.807, 2.05) is 30.4 Å². The largest absolute Gasteiger partial charge is 0.486 e. The van der Waals surface area contributed by atoms with Gasteiger partial charge in [-0.3, -0.25) is 9.52 Å². The highest BCUT2D eigenvalue weighted by atomic mass is 32.2. The van der Waals surface area contributed by atoms with Crippen LogP contribution in [0, 0.1) is 0 Å². The number of rotatable bonds is 8. The van der Waals surface area contributed by atoms with Crippen molar-refractivity contribution in [1.82, 2.24) is 10.2 Å². The average molecular weight is 488 g/mol. The molecular formula is C23H25N3O5S2. The summed E-state index contributed by atoms with van der Waals surface area (Å²) in [5.41, 5.74) is 1.78. The summed E-state index contributed by atoms with van der Waals surface area (Å²) in [6.45, 7) is 1.21. The third-order valence-corrected chi connectivity index (χ3v) is 7.29. The Balaban J connectivity index is 1.45. The zero-order valence-corrected chi connectivity index (χ0v) is 19.9. The van der Waals surface area contributed by atoms with Gasteiger partial charge in [0, 0.05) is 23.9 Å². The van der Waals surface area contributed by atoms with Crippen molar-refractivity contribution in [2.24, 2.45) is 0 Å². The summed E-state index contributed by atoms with van der Waals surface area (Å²) in [7, 11) is 0.0415. The molecule has 4 rings (SSSR count). The van der Waals surface area contributed by atoms with Crippen LogP contribution in [0.1, 0.15) is 22.0 Å². The fourth-order valence-electron chi connectivity index (χ4n) is 3.48. The fraction of sp³-hybridized carbons (Fsp3) is 0.261. The Labute approximate surface area is 197 Å². The second-order valence-electron chi connectivity index (χ2n) is 7.74. The molecule has 3 aromatic rings. The molecule has 2 N–H and O–H groups in total. The molecule has 2 aromatic carbocycles. The van der Waals surface area contributed by atoms with Gasteiger partial charge in [-0.15, -0.1) is 0 Å². The SMILES string of the molecule is CN(C)C(CNC(=O)c1cccc(NS(=O)(=O)c2ccc3c(c2)OCCO3)c1)c1ccsc1. The highest BCUT2D eigenvalue weighted by Crippen LogP contribution is 2.32. The topological polar surface area (TPSA) is 97.0 Å². The Hall–Kier alpha value is -3.08. The Morgan fingerprint density at radius 2 is 1.88 bits per heavy atom. The maximum Gasteiger partial charge on any atom is 0.262 e. The van der Waals surface area contributed by atoms with E-state index in [0.717, 1.165) is 5.56 Å². The molecule has 0 bridgehead atoms. The predicted octanol–water partition coefficient (Wildman–Crippen LogP) is 3.35. The molecule has 0 fully saturated rings. The summed E-state index contributed by atoms with van der Waals surface area (Å²) >= 11 is 1.61. The van der Waals surface area contributed by atoms with Gasteiger partial charge in [-0.05, 0) is 66.8 Å². The number of thiophene rings is 1. The number of benzene rings is 2. The number of hydrogen-bond acceptors (Lipinski definition) is 7. The summed E-state index contributed by atoms with van der Waals surface area (Å²) in [6, 6.07) is 12.9. The van der Waals surface area contributed by atoms with E-state index in [1.54, 1.807) is 35.6 Å². The van der Waals surface area contributed by atoms with E-state index in [1.165, 1.54) is 18.2 Å². The van der Waals surface area contributed by atoms with Gasteiger partial charge in [0.15, 0.2) is 11.5 Å². The molecule has 0 saturated heterocycles. The number of fused-ring (bicyclic) bond motifs is 1. The minimum atomic E-state index is -3.88. The number of likely N-dealkylation sites (N-methyl/N-ethyl adjacent to an activating group) is 1. The fourth-order valence-corrected chi connectivity index (χ4v) is 5.25. The van der Waals surface area contributed by atoms with Crippen LogP contribution in [-0.2, 0) is 10.0 Å². The molecule has 8 nitrogen and oxygen atoms in total. The van der Waals surface area contributed by atoms with Crippen molar-refractivity contribution in [1.29, 1.82) is 0 Å². The van der Waals surface area contributed by atoms with Gasteiger partial charge < -0.3 is 19.7 Å². The van der Waals surface area contributed by atoms with Crippen LogP contribution in [0.4, 0.5) is 5.69 Å². The molecule has 1 aliphatic heterocycles. The van der Waals surface area contributed by atoms with Crippen LogP contribution >= 0.6 is 11.3 Å². The van der Waals surface area contributed by atoms with Gasteiger partial charge in [0.2, 0.25) is 0 Å². The van der Waals surface area contributed by atoms with Crippen LogP contribution in [0.2, 0.25) is 0 Å². The predicted molar refractivity (Wildman–Crippen MR) is 128 cm³/mol. The molecule has 2 heterocycles. The van der Waals surface area contributed by atoms with E-state index >= 15 is 0 Å². The number of carbonyl (C=O) groups is 1. The molecule has 1 amide bonds. The zero-order chi connectivity index (χ0) is 23.4. The Morgan fingerprint density at radius 1 is 1.09 bits per heavy atom. The van der Waals surface area contributed by atoms with Crippen molar-refractivity contribution in [3.8, 4) is 11.5 Å². The monoisotopic (exact) mass is 487 g/mol. The lowest BCUT2D eigenvalue weighted by Crippen LogP contribution is -2.34. The molecule has 1 aliphatic rings. The number of nitrogens with one attached hydrogen (secondary N) is 2. The van der Waals surface area contributed by atoms with Gasteiger partial charge in [0.25, 0.3) is 15.9 Å². The van der Waals surface area contributed by atoms with Crippen LogP contribution in [-0.4, -0.2) is 53.1 Å². The van der Waals surface area contributed by atoms with Crippen molar-refractivity contribution < 1.29 is 22.7 Å². The van der Waals surface area contributed by atoms with Gasteiger partial charge in [0.1, 0.15) is 13.2 Å². The first-order valence-corrected chi connectivity index (χ1v) is 12.8. The molecule has 0 saturated carbocycles. The van der Waals surface area contributed by atoms with Gasteiger partial charge in [-0.1, -0.05) is 6.07 Å². The summed E-state index contributed by atoms with van der Waals surface area (Å²) in [5.74, 6) is 0.619. The molecule has 1 aromatic heterocycles. The van der Waals surface area contributed by atoms with Crippen molar-refractivity contribution in [2.75, 3.05) is 38.6 Å². The quantitative estimate of drug-likeness (QED) is 0.506. The lowest BCUT2D eigenvalue weighted by atomic mass is 10.1. The lowest BCUT2D eigenvalue weighted by Gasteiger charge is -2.24. The van der Waals surface area contributed by atoms with E-state index in [9.17, 15) is 13.2 Å². The van der Waals surface area contributed by atoms with E-state index in [-0.39, 0.29) is 16.8 Å². The summed E-state index contributed by atoms with van der Waals surface area (Å²) < 4.78 is 39.2. The third-order valence-electron chi connectivity index (χ3n) is 5.21. The minimum Gasteiger partial charge on any atom is -0.486 e. The highest BCUT2D eigenvalue weighted by molar-refractivity contribution is 7.92. The van der Waals surface area contributed by atoms with Crippen molar-refractivity contribution >= 4 is 33.0 Å². The Bertz CT molecular complexity index is 1230. The van der Waals surface area contributed by atoms with Crippen molar-refractivity contribution in [2.45, 2.75) is 10.9 Å². The number of sulfonamides is 1. The summed E-state index contributed by atoms with van der Waals surface area (Å²) in [5, 5.41) is 7.01. The van der Waals surface area contributed by atoms with Crippen LogP contribution in [0.25, 0.3) is 0 Å². The van der Waals surface area contributed by atoms with Crippen LogP contribution in [0.5, 0.6) is 11.5 Å². The van der Waals surface area contributed by atoms with Gasteiger partial charge >= 0.3 is 0 Å². The molecule has 1 unspecified atom stereocenters. The highest BCUT2D eigenvalue weighted by Gasteiger charge is 2.20. The molecule has 0 aliphatic carbocycles. The maximum atomic E-state index is 12.9. The van der Waals surface area contributed by atoms with Gasteiger partial charge in [-0.2, -0.15) is 11.3 Å². The second kappa shape index (κ2) is 9.82. The Kier molecular flexibility index (Phi) is 6.87. The zero-order valence-electron chi connectivity index (χ0n) is 18.3. The number of ether oxygens (including phenoxy) is 2. The average Bonchev–Trinajstić information content (AvgIpc) is 3.33. The normalized spacial score (nSPS) is 14.0. The molecule has 10 heteroatoms. The maximum absolute atomic E-state index is 12.9. The van der Waals surface area contributed by atoms with E-state index < -0.39 is 10.0 Å².